The zero-order valence-electron chi connectivity index (χ0n) is 8.46. The molecule has 6 heteroatoms. The number of alkyl halides is 2. The van der Waals surface area contributed by atoms with Crippen molar-refractivity contribution in [1.82, 2.24) is 4.31 Å². The number of piperidine rings is 1. The van der Waals surface area contributed by atoms with Crippen LogP contribution in [0.2, 0.25) is 0 Å². The van der Waals surface area contributed by atoms with Gasteiger partial charge in [0.15, 0.2) is 0 Å². The van der Waals surface area contributed by atoms with Crippen LogP contribution in [0.3, 0.4) is 0 Å². The zero-order chi connectivity index (χ0) is 11.1. The Morgan fingerprint density at radius 1 is 1.33 bits per heavy atom. The van der Waals surface area contributed by atoms with E-state index in [4.69, 9.17) is 5.73 Å². The lowest BCUT2D eigenvalue weighted by Crippen LogP contribution is -2.44. The van der Waals surface area contributed by atoms with Crippen molar-refractivity contribution in [3.05, 3.63) is 0 Å². The van der Waals surface area contributed by atoms with Crippen molar-refractivity contribution < 1.29 is 8.78 Å². The molecule has 1 heterocycles. The van der Waals surface area contributed by atoms with E-state index in [2.05, 4.69) is 16.0 Å². The van der Waals surface area contributed by atoms with Crippen molar-refractivity contribution >= 4 is 22.6 Å². The maximum Gasteiger partial charge on any atom is 0.250 e. The molecule has 0 aromatic rings. The van der Waals surface area contributed by atoms with Gasteiger partial charge in [0, 0.05) is 32.0 Å². The first-order chi connectivity index (χ1) is 6.97. The Labute approximate surface area is 97.9 Å². The first kappa shape index (κ1) is 12.0. The van der Waals surface area contributed by atoms with Crippen LogP contribution in [0.4, 0.5) is 8.78 Å². The molecule has 2 rings (SSSR count). The fourth-order valence-corrected chi connectivity index (χ4v) is 3.65. The van der Waals surface area contributed by atoms with E-state index in [1.54, 1.807) is 0 Å². The quantitative estimate of drug-likeness (QED) is 0.427. The lowest BCUT2D eigenvalue weighted by Gasteiger charge is -2.40. The lowest BCUT2D eigenvalue weighted by atomic mass is 9.75. The van der Waals surface area contributed by atoms with Crippen LogP contribution in [-0.2, 0) is 0 Å². The zero-order valence-corrected chi connectivity index (χ0v) is 10.2. The largest absolute Gasteiger partial charge is 0.327 e. The second-order valence-corrected chi connectivity index (χ2v) is 5.89. The summed E-state index contributed by atoms with van der Waals surface area (Å²) in [7, 11) is 1.39. The molecule has 2 N–H and O–H groups in total. The molecule has 1 saturated heterocycles. The molecule has 0 bridgehead atoms. The third-order valence-electron chi connectivity index (χ3n) is 3.75. The molecule has 1 spiro atoms. The number of rotatable bonds is 1. The average molecular weight is 254 g/mol. The first-order valence-corrected chi connectivity index (χ1v) is 7.00. The molecule has 0 aromatic heterocycles. The molecule has 1 atom stereocenters. The smallest absolute Gasteiger partial charge is 0.250 e. The number of nitrogens with two attached hydrogens (primary N) is 1. The van der Waals surface area contributed by atoms with Crippen molar-refractivity contribution in [2.45, 2.75) is 37.6 Å². The molecule has 2 aliphatic rings. The van der Waals surface area contributed by atoms with Crippen LogP contribution < -0.4 is 5.73 Å². The van der Waals surface area contributed by atoms with Gasteiger partial charge in [-0.15, -0.1) is 0 Å². The summed E-state index contributed by atoms with van der Waals surface area (Å²) in [6.45, 7) is 1.63. The van der Waals surface area contributed by atoms with E-state index in [1.807, 2.05) is 0 Å². The SMILES string of the molecule is N[C@@H]1CC(F)(F)CC12CCN(SS)CC2. The summed E-state index contributed by atoms with van der Waals surface area (Å²) in [4.78, 5) is 0. The third kappa shape index (κ3) is 2.28. The predicted octanol–water partition coefficient (Wildman–Crippen LogP) is 2.32. The predicted molar refractivity (Wildman–Crippen MR) is 62.0 cm³/mol. The molecule has 15 heavy (non-hydrogen) atoms. The Morgan fingerprint density at radius 3 is 2.33 bits per heavy atom. The van der Waals surface area contributed by atoms with Gasteiger partial charge in [0.25, 0.3) is 0 Å². The molecule has 0 aromatic carbocycles. The van der Waals surface area contributed by atoms with Crippen LogP contribution in [0.1, 0.15) is 25.7 Å². The van der Waals surface area contributed by atoms with Crippen LogP contribution in [0.5, 0.6) is 0 Å². The molecule has 0 unspecified atom stereocenters. The second kappa shape index (κ2) is 4.05. The molecule has 0 radical (unpaired) electrons. The molecular weight excluding hydrogens is 238 g/mol. The lowest BCUT2D eigenvalue weighted by molar-refractivity contribution is -0.00963. The molecule has 1 aliphatic carbocycles. The van der Waals surface area contributed by atoms with E-state index in [0.29, 0.717) is 0 Å². The summed E-state index contributed by atoms with van der Waals surface area (Å²) in [5.41, 5.74) is 5.57. The molecule has 0 amide bonds. The minimum atomic E-state index is -2.55. The van der Waals surface area contributed by atoms with E-state index in [0.717, 1.165) is 25.9 Å². The van der Waals surface area contributed by atoms with E-state index < -0.39 is 5.92 Å². The third-order valence-corrected chi connectivity index (χ3v) is 5.04. The summed E-state index contributed by atoms with van der Waals surface area (Å²) in [6.07, 6.45) is 1.39. The minimum absolute atomic E-state index is 0.0216. The van der Waals surface area contributed by atoms with Gasteiger partial charge in [0.2, 0.25) is 5.92 Å². The van der Waals surface area contributed by atoms with Gasteiger partial charge in [0.1, 0.15) is 0 Å². The molecule has 2 nitrogen and oxygen atoms in total. The summed E-state index contributed by atoms with van der Waals surface area (Å²) < 4.78 is 28.7. The van der Waals surface area contributed by atoms with Gasteiger partial charge in [-0.2, -0.15) is 0 Å². The van der Waals surface area contributed by atoms with Crippen LogP contribution in [0.25, 0.3) is 0 Å². The second-order valence-electron chi connectivity index (χ2n) is 4.72. The highest BCUT2D eigenvalue weighted by Crippen LogP contribution is 2.52. The Bertz CT molecular complexity index is 242. The van der Waals surface area contributed by atoms with E-state index in [1.165, 1.54) is 11.0 Å². The average Bonchev–Trinajstić information content (AvgIpc) is 2.38. The van der Waals surface area contributed by atoms with Gasteiger partial charge in [-0.25, -0.2) is 13.1 Å². The highest BCUT2D eigenvalue weighted by molar-refractivity contribution is 8.67. The van der Waals surface area contributed by atoms with Gasteiger partial charge in [-0.1, -0.05) is 11.7 Å². The molecular formula is C9H16F2N2S2. The van der Waals surface area contributed by atoms with Gasteiger partial charge in [0.05, 0.1) is 0 Å². The highest BCUT2D eigenvalue weighted by Gasteiger charge is 2.55. The van der Waals surface area contributed by atoms with Crippen molar-refractivity contribution in [2.75, 3.05) is 13.1 Å². The fourth-order valence-electron chi connectivity index (χ4n) is 2.82. The summed E-state index contributed by atoms with van der Waals surface area (Å²) >= 11 is 4.11. The Kier molecular flexibility index (Phi) is 3.23. The van der Waals surface area contributed by atoms with Crippen molar-refractivity contribution in [1.29, 1.82) is 0 Å². The van der Waals surface area contributed by atoms with Crippen molar-refractivity contribution in [3.8, 4) is 0 Å². The van der Waals surface area contributed by atoms with E-state index in [9.17, 15) is 8.78 Å². The Morgan fingerprint density at radius 2 is 1.93 bits per heavy atom. The van der Waals surface area contributed by atoms with Crippen molar-refractivity contribution in [3.63, 3.8) is 0 Å². The fraction of sp³-hybridized carbons (Fsp3) is 1.00. The van der Waals surface area contributed by atoms with Gasteiger partial charge >= 0.3 is 0 Å². The minimum Gasteiger partial charge on any atom is -0.327 e. The van der Waals surface area contributed by atoms with Gasteiger partial charge < -0.3 is 5.73 Å². The maximum absolute atomic E-state index is 13.3. The number of hydrogen-bond donors (Lipinski definition) is 2. The van der Waals surface area contributed by atoms with E-state index >= 15 is 0 Å². The van der Waals surface area contributed by atoms with Crippen LogP contribution in [0.15, 0.2) is 0 Å². The molecule has 1 saturated carbocycles. The molecule has 2 fully saturated rings. The Balaban J connectivity index is 2.04. The number of thiol groups is 1. The van der Waals surface area contributed by atoms with Gasteiger partial charge in [-0.05, 0) is 29.2 Å². The normalized spacial score (nSPS) is 34.8. The van der Waals surface area contributed by atoms with Crippen LogP contribution in [0, 0.1) is 5.41 Å². The van der Waals surface area contributed by atoms with Gasteiger partial charge in [-0.3, -0.25) is 0 Å². The van der Waals surface area contributed by atoms with Crippen LogP contribution in [-0.4, -0.2) is 29.4 Å². The monoisotopic (exact) mass is 254 g/mol. The summed E-state index contributed by atoms with van der Waals surface area (Å²) in [5, 5.41) is 0. The topological polar surface area (TPSA) is 29.3 Å². The number of hydrogen-bond acceptors (Lipinski definition) is 4. The summed E-state index contributed by atoms with van der Waals surface area (Å²) in [5.74, 6) is -2.55. The number of nitrogens with zero attached hydrogens (tertiary/aromatic N) is 1. The van der Waals surface area contributed by atoms with Crippen LogP contribution >= 0.6 is 22.6 Å². The maximum atomic E-state index is 13.3. The first-order valence-electron chi connectivity index (χ1n) is 5.17. The summed E-state index contributed by atoms with van der Waals surface area (Å²) in [6, 6.07) is -0.334. The highest BCUT2D eigenvalue weighted by atomic mass is 33.1. The van der Waals surface area contributed by atoms with Crippen molar-refractivity contribution in [2.24, 2.45) is 11.1 Å². The van der Waals surface area contributed by atoms with E-state index in [-0.39, 0.29) is 24.3 Å². The molecule has 88 valence electrons. The molecule has 1 aliphatic heterocycles. The Hall–Kier alpha value is 0.480. The number of halogens is 2. The standard InChI is InChI=1S/C9H16F2N2S2/c10-9(11)5-7(12)8(6-9)1-3-13(15-14)4-2-8/h7,14H,1-6,12H2/t7-/m1/s1.